The summed E-state index contributed by atoms with van der Waals surface area (Å²) in [6, 6.07) is 3.46. The van der Waals surface area contributed by atoms with Crippen molar-refractivity contribution in [1.82, 2.24) is 4.98 Å². The standard InChI is InChI=1S/C11H14ClF2NO/c1-2-3-9-4-8(6-12)5-11(15-9)16-7-10(13)14/h4-5,10H,2-3,6-7H2,1H3. The summed E-state index contributed by atoms with van der Waals surface area (Å²) in [5.74, 6) is 0.548. The molecule has 0 aliphatic carbocycles. The lowest BCUT2D eigenvalue weighted by Gasteiger charge is -2.08. The molecule has 0 amide bonds. The molecule has 90 valence electrons. The third-order valence-corrected chi connectivity index (χ3v) is 2.24. The Bertz CT molecular complexity index is 334. The summed E-state index contributed by atoms with van der Waals surface area (Å²) < 4.78 is 28.8. The average Bonchev–Trinajstić information content (AvgIpc) is 2.26. The predicted molar refractivity (Wildman–Crippen MR) is 59.3 cm³/mol. The van der Waals surface area contributed by atoms with Crippen molar-refractivity contribution in [3.8, 4) is 5.88 Å². The minimum atomic E-state index is -2.49. The molecule has 0 aliphatic rings. The molecule has 16 heavy (non-hydrogen) atoms. The number of pyridine rings is 1. The van der Waals surface area contributed by atoms with Gasteiger partial charge in [0.25, 0.3) is 6.43 Å². The van der Waals surface area contributed by atoms with Crippen LogP contribution in [0.5, 0.6) is 5.88 Å². The molecule has 2 nitrogen and oxygen atoms in total. The predicted octanol–water partition coefficient (Wildman–Crippen LogP) is 3.42. The molecule has 5 heteroatoms. The zero-order valence-corrected chi connectivity index (χ0v) is 9.81. The summed E-state index contributed by atoms with van der Waals surface area (Å²) >= 11 is 5.70. The largest absolute Gasteiger partial charge is 0.472 e. The van der Waals surface area contributed by atoms with Crippen molar-refractivity contribution in [3.05, 3.63) is 23.4 Å². The van der Waals surface area contributed by atoms with Crippen LogP contribution in [0.15, 0.2) is 12.1 Å². The Kier molecular flexibility index (Phi) is 5.46. The van der Waals surface area contributed by atoms with Gasteiger partial charge in [-0.15, -0.1) is 11.6 Å². The first-order chi connectivity index (χ1) is 7.65. The number of ether oxygens (including phenoxy) is 1. The van der Waals surface area contributed by atoms with Crippen LogP contribution < -0.4 is 4.74 Å². The molecule has 0 N–H and O–H groups in total. The van der Waals surface area contributed by atoms with E-state index in [0.29, 0.717) is 5.88 Å². The lowest BCUT2D eigenvalue weighted by Crippen LogP contribution is -2.09. The number of hydrogen-bond acceptors (Lipinski definition) is 2. The number of rotatable bonds is 6. The van der Waals surface area contributed by atoms with Gasteiger partial charge in [0.2, 0.25) is 5.88 Å². The highest BCUT2D eigenvalue weighted by atomic mass is 35.5. The van der Waals surface area contributed by atoms with Crippen molar-refractivity contribution >= 4 is 11.6 Å². The van der Waals surface area contributed by atoms with E-state index in [4.69, 9.17) is 16.3 Å². The van der Waals surface area contributed by atoms with Crippen LogP contribution in [0.1, 0.15) is 24.6 Å². The first kappa shape index (κ1) is 13.2. The number of nitrogens with zero attached hydrogens (tertiary/aromatic N) is 1. The lowest BCUT2D eigenvalue weighted by molar-refractivity contribution is 0.0794. The topological polar surface area (TPSA) is 22.1 Å². The number of aromatic nitrogens is 1. The first-order valence-corrected chi connectivity index (χ1v) is 5.66. The normalized spacial score (nSPS) is 10.8. The van der Waals surface area contributed by atoms with E-state index in [1.165, 1.54) is 0 Å². The summed E-state index contributed by atoms with van der Waals surface area (Å²) in [4.78, 5) is 4.13. The van der Waals surface area contributed by atoms with Gasteiger partial charge in [-0.1, -0.05) is 13.3 Å². The van der Waals surface area contributed by atoms with E-state index in [-0.39, 0.29) is 5.88 Å². The van der Waals surface area contributed by atoms with Crippen LogP contribution in [0.4, 0.5) is 8.78 Å². The van der Waals surface area contributed by atoms with Gasteiger partial charge in [-0.3, -0.25) is 0 Å². The van der Waals surface area contributed by atoms with Crippen LogP contribution >= 0.6 is 11.6 Å². The number of aryl methyl sites for hydroxylation is 1. The van der Waals surface area contributed by atoms with E-state index in [2.05, 4.69) is 4.98 Å². The quantitative estimate of drug-likeness (QED) is 0.721. The van der Waals surface area contributed by atoms with Gasteiger partial charge in [0.15, 0.2) is 6.61 Å². The minimum Gasteiger partial charge on any atom is -0.472 e. The highest BCUT2D eigenvalue weighted by Gasteiger charge is 2.07. The molecule has 1 aromatic heterocycles. The van der Waals surface area contributed by atoms with Crippen LogP contribution in [-0.4, -0.2) is 18.0 Å². The van der Waals surface area contributed by atoms with Gasteiger partial charge in [-0.2, -0.15) is 0 Å². The molecule has 0 spiro atoms. The van der Waals surface area contributed by atoms with Gasteiger partial charge >= 0.3 is 0 Å². The van der Waals surface area contributed by atoms with Gasteiger partial charge < -0.3 is 4.74 Å². The second kappa shape index (κ2) is 6.63. The fourth-order valence-corrected chi connectivity index (χ4v) is 1.46. The fraction of sp³-hybridized carbons (Fsp3) is 0.545. The van der Waals surface area contributed by atoms with Crippen LogP contribution in [-0.2, 0) is 12.3 Å². The van der Waals surface area contributed by atoms with Crippen LogP contribution in [0.25, 0.3) is 0 Å². The summed E-state index contributed by atoms with van der Waals surface area (Å²) in [5, 5.41) is 0. The van der Waals surface area contributed by atoms with Crippen molar-refractivity contribution in [2.75, 3.05) is 6.61 Å². The molecule has 1 rings (SSSR count). The van der Waals surface area contributed by atoms with E-state index in [1.807, 2.05) is 13.0 Å². The zero-order chi connectivity index (χ0) is 12.0. The van der Waals surface area contributed by atoms with Crippen LogP contribution in [0, 0.1) is 0 Å². The van der Waals surface area contributed by atoms with Gasteiger partial charge in [0.05, 0.1) is 0 Å². The molecule has 0 aliphatic heterocycles. The van der Waals surface area contributed by atoms with Gasteiger partial charge in [-0.05, 0) is 18.1 Å². The molecular weight excluding hydrogens is 236 g/mol. The summed E-state index contributed by atoms with van der Waals surface area (Å²) in [7, 11) is 0. The Balaban J connectivity index is 2.77. The Morgan fingerprint density at radius 1 is 1.44 bits per heavy atom. The first-order valence-electron chi connectivity index (χ1n) is 5.12. The SMILES string of the molecule is CCCc1cc(CCl)cc(OCC(F)F)n1. The van der Waals surface area contributed by atoms with Crippen molar-refractivity contribution < 1.29 is 13.5 Å². The van der Waals surface area contributed by atoms with E-state index in [9.17, 15) is 8.78 Å². The van der Waals surface area contributed by atoms with Gasteiger partial charge in [0.1, 0.15) is 0 Å². The summed E-state index contributed by atoms with van der Waals surface area (Å²) in [6.07, 6.45) is -0.765. The molecule has 1 aromatic rings. The molecule has 0 saturated carbocycles. The lowest BCUT2D eigenvalue weighted by atomic mass is 10.2. The molecule has 0 atom stereocenters. The smallest absolute Gasteiger partial charge is 0.272 e. The third kappa shape index (κ3) is 4.31. The Hall–Kier alpha value is -0.900. The van der Waals surface area contributed by atoms with Crippen molar-refractivity contribution in [2.45, 2.75) is 32.1 Å². The van der Waals surface area contributed by atoms with E-state index in [0.717, 1.165) is 24.1 Å². The van der Waals surface area contributed by atoms with Crippen molar-refractivity contribution in [2.24, 2.45) is 0 Å². The molecular formula is C11H14ClF2NO. The maximum Gasteiger partial charge on any atom is 0.272 e. The molecule has 0 unspecified atom stereocenters. The van der Waals surface area contributed by atoms with Gasteiger partial charge in [-0.25, -0.2) is 13.8 Å². The van der Waals surface area contributed by atoms with Gasteiger partial charge in [0, 0.05) is 17.6 Å². The monoisotopic (exact) mass is 249 g/mol. The molecule has 0 radical (unpaired) electrons. The fourth-order valence-electron chi connectivity index (χ4n) is 1.30. The van der Waals surface area contributed by atoms with Crippen LogP contribution in [0.3, 0.4) is 0 Å². The highest BCUT2D eigenvalue weighted by molar-refractivity contribution is 6.17. The molecule has 1 heterocycles. The van der Waals surface area contributed by atoms with Crippen molar-refractivity contribution in [3.63, 3.8) is 0 Å². The molecule has 0 aromatic carbocycles. The Morgan fingerprint density at radius 3 is 2.75 bits per heavy atom. The number of alkyl halides is 3. The maximum atomic E-state index is 12.0. The Labute approximate surface area is 98.6 Å². The van der Waals surface area contributed by atoms with E-state index >= 15 is 0 Å². The molecule has 0 fully saturated rings. The summed E-state index contributed by atoms with van der Waals surface area (Å²) in [6.45, 7) is 1.39. The number of hydrogen-bond donors (Lipinski definition) is 0. The van der Waals surface area contributed by atoms with Crippen molar-refractivity contribution in [1.29, 1.82) is 0 Å². The summed E-state index contributed by atoms with van der Waals surface area (Å²) in [5.41, 5.74) is 1.66. The van der Waals surface area contributed by atoms with E-state index in [1.54, 1.807) is 6.07 Å². The highest BCUT2D eigenvalue weighted by Crippen LogP contribution is 2.16. The zero-order valence-electron chi connectivity index (χ0n) is 9.05. The second-order valence-electron chi connectivity index (χ2n) is 3.39. The van der Waals surface area contributed by atoms with Crippen LogP contribution in [0.2, 0.25) is 0 Å². The molecule has 0 bridgehead atoms. The minimum absolute atomic E-state index is 0.224. The second-order valence-corrected chi connectivity index (χ2v) is 3.66. The van der Waals surface area contributed by atoms with E-state index < -0.39 is 13.0 Å². The maximum absolute atomic E-state index is 12.0. The Morgan fingerprint density at radius 2 is 2.19 bits per heavy atom. The number of halogens is 3. The third-order valence-electron chi connectivity index (χ3n) is 1.93. The molecule has 0 saturated heterocycles. The average molecular weight is 250 g/mol.